The number of rotatable bonds is 6. The molecule has 7 heteroatoms. The molecule has 3 aliphatic rings. The van der Waals surface area contributed by atoms with Crippen molar-refractivity contribution >= 4 is 11.6 Å². The van der Waals surface area contributed by atoms with E-state index in [1.807, 2.05) is 16.5 Å². The summed E-state index contributed by atoms with van der Waals surface area (Å²) in [6, 6.07) is 13.0. The number of piperidine rings is 1. The number of aryl methyl sites for hydroxylation is 2. The van der Waals surface area contributed by atoms with E-state index in [0.717, 1.165) is 60.2 Å². The summed E-state index contributed by atoms with van der Waals surface area (Å²) >= 11 is 0. The van der Waals surface area contributed by atoms with E-state index in [4.69, 9.17) is 4.74 Å². The molecule has 2 saturated heterocycles. The fourth-order valence-electron chi connectivity index (χ4n) is 6.10. The predicted octanol–water partition coefficient (Wildman–Crippen LogP) is 4.03. The molecule has 0 aliphatic carbocycles. The van der Waals surface area contributed by atoms with Crippen molar-refractivity contribution in [1.82, 2.24) is 19.7 Å². The number of carbonyl (C=O) groups is 1. The van der Waals surface area contributed by atoms with E-state index in [-0.39, 0.29) is 11.3 Å². The van der Waals surface area contributed by atoms with Gasteiger partial charge in [0.2, 0.25) is 0 Å². The number of benzene rings is 2. The number of amides is 1. The molecule has 0 radical (unpaired) electrons. The zero-order valence-corrected chi connectivity index (χ0v) is 21.5. The average Bonchev–Trinajstić information content (AvgIpc) is 3.38. The molecule has 3 aliphatic heterocycles. The number of nitrogens with zero attached hydrogens (tertiary/aromatic N) is 5. The molecule has 6 rings (SSSR count). The zero-order valence-electron chi connectivity index (χ0n) is 21.5. The fraction of sp³-hybridized carbons (Fsp3) is 0.483. The predicted molar refractivity (Wildman–Crippen MR) is 139 cm³/mol. The van der Waals surface area contributed by atoms with Gasteiger partial charge in [0.15, 0.2) is 0 Å². The Morgan fingerprint density at radius 1 is 1.17 bits per heavy atom. The van der Waals surface area contributed by atoms with Crippen molar-refractivity contribution in [3.05, 3.63) is 76.4 Å². The van der Waals surface area contributed by atoms with E-state index < -0.39 is 0 Å². The van der Waals surface area contributed by atoms with Gasteiger partial charge in [0.05, 0.1) is 19.8 Å². The lowest BCUT2D eigenvalue weighted by Gasteiger charge is -2.41. The number of fused-ring (bicyclic) bond motifs is 1. The van der Waals surface area contributed by atoms with Crippen LogP contribution in [0.15, 0.2) is 42.7 Å². The van der Waals surface area contributed by atoms with Gasteiger partial charge in [0.25, 0.3) is 5.91 Å². The van der Waals surface area contributed by atoms with Crippen molar-refractivity contribution in [1.29, 1.82) is 0 Å². The van der Waals surface area contributed by atoms with E-state index in [2.05, 4.69) is 65.3 Å². The molecule has 0 N–H and O–H groups in total. The summed E-state index contributed by atoms with van der Waals surface area (Å²) in [6.45, 7) is 9.61. The summed E-state index contributed by atoms with van der Waals surface area (Å²) in [5.74, 6) is 1.77. The lowest BCUT2D eigenvalue weighted by molar-refractivity contribution is -0.0611. The summed E-state index contributed by atoms with van der Waals surface area (Å²) in [5, 5.41) is 8.32. The molecule has 4 heterocycles. The van der Waals surface area contributed by atoms with Gasteiger partial charge >= 0.3 is 0 Å². The maximum atomic E-state index is 13.7. The molecule has 1 aromatic heterocycles. The maximum absolute atomic E-state index is 13.7. The number of hydrogen-bond acceptors (Lipinski definition) is 5. The first-order valence-corrected chi connectivity index (χ1v) is 13.1. The maximum Gasteiger partial charge on any atom is 0.258 e. The lowest BCUT2D eigenvalue weighted by Crippen LogP contribution is -2.49. The Labute approximate surface area is 213 Å². The van der Waals surface area contributed by atoms with E-state index in [9.17, 15) is 4.79 Å². The van der Waals surface area contributed by atoms with Gasteiger partial charge in [0.1, 0.15) is 12.2 Å². The van der Waals surface area contributed by atoms with Gasteiger partial charge in [-0.1, -0.05) is 25.1 Å². The van der Waals surface area contributed by atoms with Gasteiger partial charge < -0.3 is 14.2 Å². The monoisotopic (exact) mass is 485 g/mol. The molecule has 1 amide bonds. The van der Waals surface area contributed by atoms with Crippen molar-refractivity contribution in [2.24, 2.45) is 13.0 Å². The summed E-state index contributed by atoms with van der Waals surface area (Å²) in [7, 11) is 1.97. The van der Waals surface area contributed by atoms with Crippen LogP contribution in [0.25, 0.3) is 0 Å². The third-order valence-electron chi connectivity index (χ3n) is 8.17. The fourth-order valence-corrected chi connectivity index (χ4v) is 6.10. The van der Waals surface area contributed by atoms with E-state index >= 15 is 0 Å². The van der Waals surface area contributed by atoms with Crippen LogP contribution in [0, 0.1) is 12.8 Å². The van der Waals surface area contributed by atoms with Crippen LogP contribution in [0.5, 0.6) is 0 Å². The van der Waals surface area contributed by atoms with Crippen LogP contribution in [0.4, 0.5) is 5.69 Å². The van der Waals surface area contributed by atoms with Gasteiger partial charge in [-0.2, -0.15) is 0 Å². The van der Waals surface area contributed by atoms with Crippen LogP contribution in [-0.2, 0) is 36.7 Å². The van der Waals surface area contributed by atoms with E-state index in [1.54, 1.807) is 6.33 Å². The van der Waals surface area contributed by atoms with Gasteiger partial charge in [-0.15, -0.1) is 10.2 Å². The molecular formula is C29H35N5O2. The van der Waals surface area contributed by atoms with Crippen LogP contribution < -0.4 is 4.90 Å². The molecule has 36 heavy (non-hydrogen) atoms. The summed E-state index contributed by atoms with van der Waals surface area (Å²) in [4.78, 5) is 18.2. The Balaban J connectivity index is 1.24. The molecule has 188 valence electrons. The normalized spacial score (nSPS) is 21.5. The molecule has 0 unspecified atom stereocenters. The molecule has 0 saturated carbocycles. The summed E-state index contributed by atoms with van der Waals surface area (Å²) in [6.07, 6.45) is 5.07. The highest BCUT2D eigenvalue weighted by molar-refractivity contribution is 6.10. The highest BCUT2D eigenvalue weighted by Gasteiger charge is 2.43. The van der Waals surface area contributed by atoms with Crippen LogP contribution in [0.2, 0.25) is 0 Å². The van der Waals surface area contributed by atoms with Crippen molar-refractivity contribution < 1.29 is 9.53 Å². The van der Waals surface area contributed by atoms with E-state index in [1.165, 1.54) is 24.0 Å². The second-order valence-corrected chi connectivity index (χ2v) is 11.2. The standard InChI is InChI=1S/C29H35N5O2/c1-20-5-4-8-33(14-20)15-22-9-21(2)10-25(11-22)34-16-23-6-7-24(12-26(23)28(34)35)29(17-36-18-29)13-27-31-30-19-32(27)3/h6-7,9-12,19-20H,4-5,8,13-18H2,1-3H3/t20-/m0/s1. The number of anilines is 1. The molecule has 2 aromatic carbocycles. The van der Waals surface area contributed by atoms with E-state index in [0.29, 0.717) is 19.8 Å². The van der Waals surface area contributed by atoms with Crippen molar-refractivity contribution in [2.75, 3.05) is 31.2 Å². The Kier molecular flexibility index (Phi) is 5.92. The third-order valence-corrected chi connectivity index (χ3v) is 8.17. The zero-order chi connectivity index (χ0) is 24.9. The molecular weight excluding hydrogens is 450 g/mol. The van der Waals surface area contributed by atoms with Crippen LogP contribution in [0.1, 0.15) is 58.2 Å². The number of likely N-dealkylation sites (tertiary alicyclic amines) is 1. The van der Waals surface area contributed by atoms with Gasteiger partial charge in [-0.05, 0) is 72.7 Å². The molecule has 0 spiro atoms. The smallest absolute Gasteiger partial charge is 0.258 e. The minimum atomic E-state index is -0.161. The molecule has 2 fully saturated rings. The first-order chi connectivity index (χ1) is 17.4. The Hall–Kier alpha value is -3.03. The number of aromatic nitrogens is 3. The van der Waals surface area contributed by atoms with Crippen LogP contribution >= 0.6 is 0 Å². The Bertz CT molecular complexity index is 1290. The SMILES string of the molecule is Cc1cc(CN2CCC[C@H](C)C2)cc(N2Cc3ccc(C4(Cc5nncn5C)COC4)cc3C2=O)c1. The lowest BCUT2D eigenvalue weighted by atomic mass is 9.75. The van der Waals surface area contributed by atoms with Crippen molar-refractivity contribution in [2.45, 2.75) is 51.6 Å². The minimum absolute atomic E-state index is 0.0871. The van der Waals surface area contributed by atoms with Crippen molar-refractivity contribution in [3.8, 4) is 0 Å². The first-order valence-electron chi connectivity index (χ1n) is 13.1. The van der Waals surface area contributed by atoms with Crippen LogP contribution in [0.3, 0.4) is 0 Å². The number of ether oxygens (including phenoxy) is 1. The topological polar surface area (TPSA) is 63.5 Å². The number of hydrogen-bond donors (Lipinski definition) is 0. The third kappa shape index (κ3) is 4.24. The second kappa shape index (κ2) is 9.12. The summed E-state index contributed by atoms with van der Waals surface area (Å²) < 4.78 is 7.61. The summed E-state index contributed by atoms with van der Waals surface area (Å²) in [5.41, 5.74) is 6.37. The average molecular weight is 486 g/mol. The Morgan fingerprint density at radius 3 is 2.75 bits per heavy atom. The van der Waals surface area contributed by atoms with Crippen LogP contribution in [-0.4, -0.2) is 51.9 Å². The molecule has 0 bridgehead atoms. The molecule has 7 nitrogen and oxygen atoms in total. The van der Waals surface area contributed by atoms with Gasteiger partial charge in [-0.3, -0.25) is 9.69 Å². The molecule has 1 atom stereocenters. The quantitative estimate of drug-likeness (QED) is 0.528. The van der Waals surface area contributed by atoms with Crippen molar-refractivity contribution in [3.63, 3.8) is 0 Å². The largest absolute Gasteiger partial charge is 0.379 e. The highest BCUT2D eigenvalue weighted by atomic mass is 16.5. The highest BCUT2D eigenvalue weighted by Crippen LogP contribution is 2.38. The number of carbonyl (C=O) groups excluding carboxylic acids is 1. The first kappa shape index (κ1) is 23.4. The molecule has 3 aromatic rings. The van der Waals surface area contributed by atoms with Gasteiger partial charge in [-0.25, -0.2) is 0 Å². The Morgan fingerprint density at radius 2 is 2.03 bits per heavy atom. The van der Waals surface area contributed by atoms with Gasteiger partial charge in [0, 0.05) is 43.2 Å². The second-order valence-electron chi connectivity index (χ2n) is 11.2. The minimum Gasteiger partial charge on any atom is -0.379 e.